The summed E-state index contributed by atoms with van der Waals surface area (Å²) in [7, 11) is 0. The van der Waals surface area contributed by atoms with Crippen molar-refractivity contribution < 1.29 is 0 Å². The molecular weight excluding hydrogens is 582 g/mol. The summed E-state index contributed by atoms with van der Waals surface area (Å²) < 4.78 is 0. The van der Waals surface area contributed by atoms with Crippen molar-refractivity contribution in [1.82, 2.24) is 19.9 Å². The van der Waals surface area contributed by atoms with Crippen molar-refractivity contribution in [1.29, 1.82) is 0 Å². The van der Waals surface area contributed by atoms with Gasteiger partial charge in [0.1, 0.15) is 0 Å². The number of hydrogen-bond acceptors (Lipinski definition) is 2. The van der Waals surface area contributed by atoms with Crippen LogP contribution in [0.3, 0.4) is 0 Å². The van der Waals surface area contributed by atoms with Crippen LogP contribution in [0, 0.1) is 13.8 Å². The minimum Gasteiger partial charge on any atom is -0.353 e. The van der Waals surface area contributed by atoms with Crippen molar-refractivity contribution in [3.63, 3.8) is 0 Å². The Bertz CT molecular complexity index is 1820. The molecular formula is C32H34Cl4N4. The molecule has 5 rings (SSSR count). The molecule has 3 aromatic heterocycles. The average molecular weight is 616 g/mol. The molecule has 0 amide bonds. The van der Waals surface area contributed by atoms with E-state index in [1.54, 1.807) is 0 Å². The standard InChI is InChI=1S/C32H34Cl4N4/c1-9-17-13(5)25-22(34)30-19(11-3)15(7)27(39-30)24(36)32-20(12-4)16(8)28(40-32)23(35)31-18(10-2)14(6)26(38-31)21(33)29(17)37-25/h37-38H,9-12H2,1-8H3. The number of nitrogens with one attached hydrogen (secondary N) is 2. The zero-order valence-corrected chi connectivity index (χ0v) is 27.3. The van der Waals surface area contributed by atoms with Gasteiger partial charge in [-0.1, -0.05) is 74.1 Å². The van der Waals surface area contributed by atoms with Gasteiger partial charge >= 0.3 is 0 Å². The zero-order chi connectivity index (χ0) is 29.2. The van der Waals surface area contributed by atoms with Gasteiger partial charge in [-0.05, 0) is 97.9 Å². The molecule has 3 aromatic rings. The van der Waals surface area contributed by atoms with Crippen LogP contribution in [0.5, 0.6) is 0 Å². The summed E-state index contributed by atoms with van der Waals surface area (Å²) in [6, 6.07) is 0. The number of allylic oxidation sites excluding steroid dienone is 4. The summed E-state index contributed by atoms with van der Waals surface area (Å²) in [5.41, 5.74) is 14.7. The van der Waals surface area contributed by atoms with E-state index in [1.165, 1.54) is 0 Å². The maximum atomic E-state index is 7.22. The molecule has 2 aliphatic heterocycles. The quantitative estimate of drug-likeness (QED) is 0.306. The molecule has 8 bridgehead atoms. The van der Waals surface area contributed by atoms with Crippen molar-refractivity contribution >= 4 is 90.8 Å². The van der Waals surface area contributed by atoms with Crippen molar-refractivity contribution in [2.75, 3.05) is 0 Å². The summed E-state index contributed by atoms with van der Waals surface area (Å²) >= 11 is 28.8. The first-order valence-electron chi connectivity index (χ1n) is 13.9. The smallest absolute Gasteiger partial charge is 0.0925 e. The van der Waals surface area contributed by atoms with Crippen LogP contribution in [-0.2, 0) is 12.8 Å². The summed E-state index contributed by atoms with van der Waals surface area (Å²) in [6.45, 7) is 16.7. The third-order valence-electron chi connectivity index (χ3n) is 8.52. The average Bonchev–Trinajstić information content (AvgIpc) is 3.66. The van der Waals surface area contributed by atoms with E-state index in [1.807, 2.05) is 0 Å². The van der Waals surface area contributed by atoms with E-state index in [-0.39, 0.29) is 0 Å². The van der Waals surface area contributed by atoms with Crippen molar-refractivity contribution in [2.24, 2.45) is 0 Å². The lowest BCUT2D eigenvalue weighted by Crippen LogP contribution is -1.88. The van der Waals surface area contributed by atoms with E-state index in [0.717, 1.165) is 104 Å². The highest BCUT2D eigenvalue weighted by atomic mass is 35.5. The molecule has 40 heavy (non-hydrogen) atoms. The maximum Gasteiger partial charge on any atom is 0.0925 e. The summed E-state index contributed by atoms with van der Waals surface area (Å²) in [5.74, 6) is 0. The van der Waals surface area contributed by atoms with Crippen molar-refractivity contribution in [3.05, 3.63) is 65.1 Å². The number of nitrogens with zero attached hydrogens (tertiary/aromatic N) is 2. The second-order valence-corrected chi connectivity index (χ2v) is 12.0. The molecule has 0 spiro atoms. The monoisotopic (exact) mass is 614 g/mol. The van der Waals surface area contributed by atoms with Crippen LogP contribution in [0.2, 0.25) is 20.1 Å². The SMILES string of the molecule is CCC1=C(C)c2nc1c(Cl)c1nc(c(Cl)c3[nH]c(c(CC)c3C)c(Cl)c3[nH]c(c2Cl)c(CC)c3C)C(CC)=C1C. The largest absolute Gasteiger partial charge is 0.353 e. The fourth-order valence-corrected chi connectivity index (χ4v) is 7.64. The van der Waals surface area contributed by atoms with Crippen LogP contribution >= 0.6 is 46.4 Å². The Kier molecular flexibility index (Phi) is 7.95. The number of H-pyrrole nitrogens is 2. The number of fused-ring (bicyclic) bond motifs is 8. The lowest BCUT2D eigenvalue weighted by atomic mass is 10.0. The number of aryl methyl sites for hydroxylation is 4. The first-order valence-corrected chi connectivity index (χ1v) is 15.4. The fraction of sp³-hybridized carbons (Fsp3) is 0.375. The molecule has 0 aliphatic carbocycles. The predicted octanol–water partition coefficient (Wildman–Crippen LogP) is 11.4. The van der Waals surface area contributed by atoms with Crippen molar-refractivity contribution in [3.8, 4) is 0 Å². The van der Waals surface area contributed by atoms with E-state index >= 15 is 0 Å². The van der Waals surface area contributed by atoms with Crippen LogP contribution in [-0.4, -0.2) is 19.9 Å². The lowest BCUT2D eigenvalue weighted by Gasteiger charge is -2.04. The highest BCUT2D eigenvalue weighted by Crippen LogP contribution is 2.45. The Balaban J connectivity index is 2.15. The Hall–Kier alpha value is -2.24. The Morgan fingerprint density at radius 2 is 0.850 bits per heavy atom. The minimum absolute atomic E-state index is 0.513. The first-order chi connectivity index (χ1) is 19.0. The third-order valence-corrected chi connectivity index (χ3v) is 9.99. The zero-order valence-electron chi connectivity index (χ0n) is 24.2. The van der Waals surface area contributed by atoms with Crippen LogP contribution in [0.4, 0.5) is 0 Å². The van der Waals surface area contributed by atoms with E-state index in [9.17, 15) is 0 Å². The number of rotatable bonds is 4. The van der Waals surface area contributed by atoms with Gasteiger partial charge in [-0.2, -0.15) is 0 Å². The molecule has 0 saturated heterocycles. The summed E-state index contributed by atoms with van der Waals surface area (Å²) in [4.78, 5) is 17.2. The van der Waals surface area contributed by atoms with Gasteiger partial charge in [0, 0.05) is 0 Å². The van der Waals surface area contributed by atoms with Gasteiger partial charge in [0.15, 0.2) is 0 Å². The number of hydrogen-bond donors (Lipinski definition) is 2. The van der Waals surface area contributed by atoms with Gasteiger partial charge in [0.2, 0.25) is 0 Å². The topological polar surface area (TPSA) is 57.4 Å². The Morgan fingerprint density at radius 3 is 1.30 bits per heavy atom. The maximum absolute atomic E-state index is 7.22. The molecule has 8 heteroatoms. The molecule has 0 fully saturated rings. The predicted molar refractivity (Wildman–Crippen MR) is 175 cm³/mol. The Morgan fingerprint density at radius 1 is 0.475 bits per heavy atom. The van der Waals surface area contributed by atoms with Gasteiger partial charge < -0.3 is 9.97 Å². The molecule has 0 aromatic carbocycles. The van der Waals surface area contributed by atoms with Crippen LogP contribution < -0.4 is 0 Å². The Labute approximate surface area is 255 Å². The van der Waals surface area contributed by atoms with Gasteiger partial charge in [-0.15, -0.1) is 0 Å². The summed E-state index contributed by atoms with van der Waals surface area (Å²) in [5, 5.41) is 2.23. The molecule has 4 nitrogen and oxygen atoms in total. The highest BCUT2D eigenvalue weighted by molar-refractivity contribution is 6.40. The fourth-order valence-electron chi connectivity index (χ4n) is 6.26. The molecule has 2 aliphatic rings. The third kappa shape index (κ3) is 4.17. The van der Waals surface area contributed by atoms with Gasteiger partial charge in [0.05, 0.1) is 64.9 Å². The molecule has 0 radical (unpaired) electrons. The van der Waals surface area contributed by atoms with Crippen molar-refractivity contribution in [2.45, 2.75) is 81.1 Å². The van der Waals surface area contributed by atoms with E-state index in [2.05, 4.69) is 65.4 Å². The highest BCUT2D eigenvalue weighted by Gasteiger charge is 2.27. The first kappa shape index (κ1) is 29.3. The van der Waals surface area contributed by atoms with Gasteiger partial charge in [0.25, 0.3) is 0 Å². The van der Waals surface area contributed by atoms with Crippen LogP contribution in [0.1, 0.15) is 99.4 Å². The van der Waals surface area contributed by atoms with E-state index in [0.29, 0.717) is 31.5 Å². The van der Waals surface area contributed by atoms with E-state index in [4.69, 9.17) is 56.4 Å². The number of aromatic amines is 2. The number of halogens is 4. The van der Waals surface area contributed by atoms with Gasteiger partial charge in [-0.25, -0.2) is 9.97 Å². The normalized spacial score (nSPS) is 13.7. The second kappa shape index (κ2) is 10.9. The lowest BCUT2D eigenvalue weighted by molar-refractivity contribution is 1.14. The summed E-state index contributed by atoms with van der Waals surface area (Å²) in [6.07, 6.45) is 3.09. The minimum atomic E-state index is 0.513. The molecule has 2 N–H and O–H groups in total. The van der Waals surface area contributed by atoms with Crippen LogP contribution in [0.25, 0.3) is 44.4 Å². The molecule has 0 unspecified atom stereocenters. The second-order valence-electron chi connectivity index (χ2n) is 10.5. The van der Waals surface area contributed by atoms with Crippen LogP contribution in [0.15, 0.2) is 0 Å². The number of aromatic nitrogens is 4. The molecule has 5 heterocycles. The molecule has 0 saturated carbocycles. The molecule has 0 atom stereocenters. The van der Waals surface area contributed by atoms with E-state index < -0.39 is 0 Å². The molecule has 210 valence electrons. The van der Waals surface area contributed by atoms with Gasteiger partial charge in [-0.3, -0.25) is 0 Å².